The highest BCUT2D eigenvalue weighted by molar-refractivity contribution is 5.78. The summed E-state index contributed by atoms with van der Waals surface area (Å²) in [4.78, 5) is 4.98. The Balaban J connectivity index is 1.84. The summed E-state index contributed by atoms with van der Waals surface area (Å²) in [6.45, 7) is 8.73. The molecule has 0 saturated carbocycles. The predicted octanol–water partition coefficient (Wildman–Crippen LogP) is 5.87. The number of nitrogens with one attached hydrogen (secondary N) is 1. The normalized spacial score (nSPS) is 12.9. The van der Waals surface area contributed by atoms with Gasteiger partial charge in [0.15, 0.2) is 5.65 Å². The van der Waals surface area contributed by atoms with Crippen molar-refractivity contribution in [2.75, 3.05) is 5.32 Å². The summed E-state index contributed by atoms with van der Waals surface area (Å²) in [5.41, 5.74) is 5.26. The summed E-state index contributed by atoms with van der Waals surface area (Å²) in [6, 6.07) is 23.0. The molecule has 0 aliphatic carbocycles. The summed E-state index contributed by atoms with van der Waals surface area (Å²) in [5.74, 6) is 0.952. The SMILES string of the molecule is C[C@H](Nc1cc(C(C)(C)C)nc2c(-c3ccccc3)cnn12)c1ccccc1. The van der Waals surface area contributed by atoms with E-state index in [1.807, 2.05) is 35.0 Å². The Morgan fingerprint density at radius 2 is 1.57 bits per heavy atom. The summed E-state index contributed by atoms with van der Waals surface area (Å²) < 4.78 is 1.91. The lowest BCUT2D eigenvalue weighted by molar-refractivity contribution is 0.568. The van der Waals surface area contributed by atoms with Gasteiger partial charge in [0.05, 0.1) is 11.9 Å². The van der Waals surface area contributed by atoms with E-state index in [1.54, 1.807) is 0 Å². The van der Waals surface area contributed by atoms with Gasteiger partial charge in [0.2, 0.25) is 0 Å². The first-order chi connectivity index (χ1) is 13.4. The number of aromatic nitrogens is 3. The first kappa shape index (κ1) is 18.2. The number of nitrogens with zero attached hydrogens (tertiary/aromatic N) is 3. The molecule has 0 amide bonds. The van der Waals surface area contributed by atoms with E-state index in [4.69, 9.17) is 4.98 Å². The van der Waals surface area contributed by atoms with Crippen LogP contribution in [-0.2, 0) is 5.41 Å². The Labute approximate surface area is 166 Å². The van der Waals surface area contributed by atoms with Gasteiger partial charge < -0.3 is 5.32 Å². The van der Waals surface area contributed by atoms with E-state index in [0.29, 0.717) is 0 Å². The van der Waals surface area contributed by atoms with Crippen molar-refractivity contribution >= 4 is 11.5 Å². The first-order valence-electron chi connectivity index (χ1n) is 9.69. The quantitative estimate of drug-likeness (QED) is 0.489. The fraction of sp³-hybridized carbons (Fsp3) is 0.250. The number of anilines is 1. The Kier molecular flexibility index (Phi) is 4.63. The Bertz CT molecular complexity index is 1080. The molecule has 0 aliphatic heterocycles. The van der Waals surface area contributed by atoms with Crippen LogP contribution in [0, 0.1) is 0 Å². The van der Waals surface area contributed by atoms with Gasteiger partial charge in [-0.05, 0) is 18.1 Å². The third-order valence-electron chi connectivity index (χ3n) is 4.99. The average molecular weight is 371 g/mol. The molecule has 0 unspecified atom stereocenters. The number of hydrogen-bond donors (Lipinski definition) is 1. The van der Waals surface area contributed by atoms with E-state index < -0.39 is 0 Å². The molecule has 0 spiro atoms. The van der Waals surface area contributed by atoms with Crippen LogP contribution in [0.15, 0.2) is 72.9 Å². The maximum absolute atomic E-state index is 4.98. The van der Waals surface area contributed by atoms with Gasteiger partial charge in [-0.1, -0.05) is 81.4 Å². The zero-order chi connectivity index (χ0) is 19.7. The Morgan fingerprint density at radius 1 is 0.929 bits per heavy atom. The zero-order valence-corrected chi connectivity index (χ0v) is 16.8. The van der Waals surface area contributed by atoms with Crippen LogP contribution in [0.4, 0.5) is 5.82 Å². The second kappa shape index (κ2) is 7.12. The number of fused-ring (bicyclic) bond motifs is 1. The molecule has 2 heterocycles. The van der Waals surface area contributed by atoms with E-state index in [1.165, 1.54) is 5.56 Å². The highest BCUT2D eigenvalue weighted by atomic mass is 15.3. The van der Waals surface area contributed by atoms with Crippen molar-refractivity contribution < 1.29 is 0 Å². The Morgan fingerprint density at radius 3 is 2.21 bits per heavy atom. The highest BCUT2D eigenvalue weighted by Gasteiger charge is 2.21. The molecule has 4 aromatic rings. The zero-order valence-electron chi connectivity index (χ0n) is 16.8. The molecule has 1 N–H and O–H groups in total. The third-order valence-corrected chi connectivity index (χ3v) is 4.99. The van der Waals surface area contributed by atoms with Crippen LogP contribution in [0.3, 0.4) is 0 Å². The van der Waals surface area contributed by atoms with Gasteiger partial charge in [0, 0.05) is 23.1 Å². The van der Waals surface area contributed by atoms with Crippen molar-refractivity contribution in [3.05, 3.63) is 84.2 Å². The van der Waals surface area contributed by atoms with Crippen molar-refractivity contribution in [1.29, 1.82) is 0 Å². The van der Waals surface area contributed by atoms with E-state index >= 15 is 0 Å². The molecule has 0 radical (unpaired) electrons. The molecular formula is C24H26N4. The van der Waals surface area contributed by atoms with Crippen molar-refractivity contribution in [3.8, 4) is 11.1 Å². The van der Waals surface area contributed by atoms with E-state index in [0.717, 1.165) is 28.3 Å². The highest BCUT2D eigenvalue weighted by Crippen LogP contribution is 2.30. The number of rotatable bonds is 4. The lowest BCUT2D eigenvalue weighted by Gasteiger charge is -2.22. The molecule has 28 heavy (non-hydrogen) atoms. The molecule has 142 valence electrons. The van der Waals surface area contributed by atoms with Crippen LogP contribution in [-0.4, -0.2) is 14.6 Å². The average Bonchev–Trinajstić information content (AvgIpc) is 3.13. The molecule has 1 atom stereocenters. The standard InChI is InChI=1S/C24H26N4/c1-17(18-11-7-5-8-12-18)26-22-15-21(24(2,3)4)27-23-20(16-25-28(22)23)19-13-9-6-10-14-19/h5-17,26H,1-4H3/t17-/m0/s1. The van der Waals surface area contributed by atoms with E-state index in [-0.39, 0.29) is 11.5 Å². The van der Waals surface area contributed by atoms with E-state index in [2.05, 4.69) is 80.6 Å². The fourth-order valence-electron chi connectivity index (χ4n) is 3.32. The molecule has 2 aromatic heterocycles. The molecule has 2 aromatic carbocycles. The molecule has 0 saturated heterocycles. The molecular weight excluding hydrogens is 344 g/mol. The lowest BCUT2D eigenvalue weighted by atomic mass is 9.92. The smallest absolute Gasteiger partial charge is 0.165 e. The van der Waals surface area contributed by atoms with Gasteiger partial charge in [-0.3, -0.25) is 0 Å². The summed E-state index contributed by atoms with van der Waals surface area (Å²) in [6.07, 6.45) is 1.91. The Hall–Kier alpha value is -3.14. The van der Waals surface area contributed by atoms with Gasteiger partial charge in [-0.25, -0.2) is 4.98 Å². The predicted molar refractivity (Wildman–Crippen MR) is 116 cm³/mol. The van der Waals surface area contributed by atoms with Crippen LogP contribution in [0.5, 0.6) is 0 Å². The lowest BCUT2D eigenvalue weighted by Crippen LogP contribution is -2.17. The van der Waals surface area contributed by atoms with Crippen molar-refractivity contribution in [2.24, 2.45) is 0 Å². The van der Waals surface area contributed by atoms with Gasteiger partial charge >= 0.3 is 0 Å². The summed E-state index contributed by atoms with van der Waals surface area (Å²) in [5, 5.41) is 8.30. The largest absolute Gasteiger partial charge is 0.363 e. The van der Waals surface area contributed by atoms with Gasteiger partial charge in [-0.15, -0.1) is 0 Å². The topological polar surface area (TPSA) is 42.2 Å². The fourth-order valence-corrected chi connectivity index (χ4v) is 3.32. The van der Waals surface area contributed by atoms with Gasteiger partial charge in [0.25, 0.3) is 0 Å². The summed E-state index contributed by atoms with van der Waals surface area (Å²) in [7, 11) is 0. The third kappa shape index (κ3) is 3.50. The maximum Gasteiger partial charge on any atom is 0.165 e. The van der Waals surface area contributed by atoms with Crippen molar-refractivity contribution in [3.63, 3.8) is 0 Å². The van der Waals surface area contributed by atoms with E-state index in [9.17, 15) is 0 Å². The number of benzene rings is 2. The van der Waals surface area contributed by atoms with Crippen LogP contribution in [0.25, 0.3) is 16.8 Å². The van der Waals surface area contributed by atoms with Gasteiger partial charge in [-0.2, -0.15) is 9.61 Å². The number of hydrogen-bond acceptors (Lipinski definition) is 3. The van der Waals surface area contributed by atoms with Crippen LogP contribution < -0.4 is 5.32 Å². The van der Waals surface area contributed by atoms with Crippen molar-refractivity contribution in [1.82, 2.24) is 14.6 Å². The first-order valence-corrected chi connectivity index (χ1v) is 9.69. The molecule has 0 fully saturated rings. The summed E-state index contributed by atoms with van der Waals surface area (Å²) >= 11 is 0. The minimum absolute atomic E-state index is 0.0631. The minimum atomic E-state index is -0.0631. The second-order valence-electron chi connectivity index (χ2n) is 8.21. The molecule has 4 heteroatoms. The second-order valence-corrected chi connectivity index (χ2v) is 8.21. The molecule has 4 rings (SSSR count). The molecule has 0 aliphatic rings. The van der Waals surface area contributed by atoms with Crippen LogP contribution in [0.2, 0.25) is 0 Å². The van der Waals surface area contributed by atoms with Crippen LogP contribution in [0.1, 0.15) is 45.0 Å². The monoisotopic (exact) mass is 370 g/mol. The van der Waals surface area contributed by atoms with Crippen LogP contribution >= 0.6 is 0 Å². The van der Waals surface area contributed by atoms with Crippen molar-refractivity contribution in [2.45, 2.75) is 39.2 Å². The molecule has 4 nitrogen and oxygen atoms in total. The molecule has 0 bridgehead atoms. The van der Waals surface area contributed by atoms with Gasteiger partial charge in [0.1, 0.15) is 5.82 Å². The minimum Gasteiger partial charge on any atom is -0.363 e. The maximum atomic E-state index is 4.98.